The van der Waals surface area contributed by atoms with Crippen LogP contribution in [0, 0.1) is 10.8 Å². The Bertz CT molecular complexity index is 401. The molecule has 0 radical (unpaired) electrons. The second-order valence-corrected chi connectivity index (χ2v) is 5.67. The van der Waals surface area contributed by atoms with Crippen molar-refractivity contribution < 1.29 is 14.3 Å². The third kappa shape index (κ3) is 1.18. The Labute approximate surface area is 101 Å². The maximum absolute atomic E-state index is 12.3. The first kappa shape index (κ1) is 12.1. The molecule has 2 fully saturated rings. The van der Waals surface area contributed by atoms with Gasteiger partial charge in [-0.2, -0.15) is 0 Å². The van der Waals surface area contributed by atoms with Gasteiger partial charge in [-0.15, -0.1) is 6.58 Å². The van der Waals surface area contributed by atoms with Crippen LogP contribution in [0.3, 0.4) is 0 Å². The van der Waals surface area contributed by atoms with E-state index in [1.165, 1.54) is 0 Å². The van der Waals surface area contributed by atoms with Crippen LogP contribution < -0.4 is 5.32 Å². The topological polar surface area (TPSA) is 55.4 Å². The van der Waals surface area contributed by atoms with Crippen LogP contribution in [0.25, 0.3) is 0 Å². The number of rotatable bonds is 3. The number of ether oxygens (including phenoxy) is 1. The van der Waals surface area contributed by atoms with Crippen LogP contribution in [0.5, 0.6) is 0 Å². The summed E-state index contributed by atoms with van der Waals surface area (Å²) in [6.45, 7) is 9.73. The predicted octanol–water partition coefficient (Wildman–Crippen LogP) is 1.41. The largest absolute Gasteiger partial charge is 0.448 e. The zero-order chi connectivity index (χ0) is 12.9. The van der Waals surface area contributed by atoms with E-state index >= 15 is 0 Å². The highest BCUT2D eigenvalue weighted by atomic mass is 16.6. The average molecular weight is 237 g/mol. The van der Waals surface area contributed by atoms with Gasteiger partial charge in [-0.25, -0.2) is 0 Å². The van der Waals surface area contributed by atoms with Gasteiger partial charge in [-0.1, -0.05) is 19.9 Å². The number of carbonyl (C=O) groups excluding carboxylic acids is 2. The Balaban J connectivity index is 2.36. The molecular weight excluding hydrogens is 218 g/mol. The molecule has 1 heterocycles. The van der Waals surface area contributed by atoms with Gasteiger partial charge in [0.1, 0.15) is 0 Å². The number of esters is 1. The standard InChI is InChI=1S/C13H19NO3/c1-5-8-14-9(15)13-7-6-12(4,10(16)17-13)11(13,2)3/h5H,1,6-8H2,2-4H3,(H,14,15)/t12-,13-/m0/s1. The van der Waals surface area contributed by atoms with E-state index in [1.54, 1.807) is 6.08 Å². The second kappa shape index (κ2) is 3.34. The molecule has 1 amide bonds. The van der Waals surface area contributed by atoms with Gasteiger partial charge in [0.05, 0.1) is 5.41 Å². The zero-order valence-electron chi connectivity index (χ0n) is 10.6. The Morgan fingerprint density at radius 2 is 2.12 bits per heavy atom. The molecule has 2 bridgehead atoms. The number of fused-ring (bicyclic) bond motifs is 2. The summed E-state index contributed by atoms with van der Waals surface area (Å²) in [5.41, 5.74) is -2.01. The SMILES string of the molecule is C=CCNC(=O)[C@]12CC[C@@](C)(C(=O)O1)C2(C)C. The maximum atomic E-state index is 12.3. The molecule has 1 N–H and O–H groups in total. The highest BCUT2D eigenvalue weighted by molar-refractivity contribution is 5.96. The van der Waals surface area contributed by atoms with Gasteiger partial charge in [0, 0.05) is 12.0 Å². The fourth-order valence-corrected chi connectivity index (χ4v) is 3.05. The van der Waals surface area contributed by atoms with Crippen molar-refractivity contribution in [1.82, 2.24) is 5.32 Å². The summed E-state index contributed by atoms with van der Waals surface area (Å²) in [5.74, 6) is -0.445. The van der Waals surface area contributed by atoms with Crippen molar-refractivity contribution in [3.8, 4) is 0 Å². The predicted molar refractivity (Wildman–Crippen MR) is 63.2 cm³/mol. The van der Waals surface area contributed by atoms with Gasteiger partial charge in [-0.05, 0) is 19.8 Å². The van der Waals surface area contributed by atoms with Crippen LogP contribution in [-0.2, 0) is 14.3 Å². The van der Waals surface area contributed by atoms with Gasteiger partial charge < -0.3 is 10.1 Å². The molecule has 1 saturated carbocycles. The molecule has 0 spiro atoms. The number of hydrogen-bond acceptors (Lipinski definition) is 3. The number of hydrogen-bond donors (Lipinski definition) is 1. The van der Waals surface area contributed by atoms with Gasteiger partial charge in [0.25, 0.3) is 5.91 Å². The molecule has 4 nitrogen and oxygen atoms in total. The third-order valence-electron chi connectivity index (χ3n) is 4.86. The lowest BCUT2D eigenvalue weighted by atomic mass is 9.66. The smallest absolute Gasteiger partial charge is 0.313 e. The fraction of sp³-hybridized carbons (Fsp3) is 0.692. The highest BCUT2D eigenvalue weighted by Crippen LogP contribution is 2.65. The molecule has 0 aromatic carbocycles. The summed E-state index contributed by atoms with van der Waals surface area (Å²) in [7, 11) is 0. The van der Waals surface area contributed by atoms with E-state index < -0.39 is 16.4 Å². The molecule has 4 heteroatoms. The summed E-state index contributed by atoms with van der Waals surface area (Å²) in [6, 6.07) is 0. The summed E-state index contributed by atoms with van der Waals surface area (Å²) < 4.78 is 5.44. The summed E-state index contributed by atoms with van der Waals surface area (Å²) >= 11 is 0. The van der Waals surface area contributed by atoms with Crippen LogP contribution in [-0.4, -0.2) is 24.0 Å². The highest BCUT2D eigenvalue weighted by Gasteiger charge is 2.75. The van der Waals surface area contributed by atoms with Crippen LogP contribution >= 0.6 is 0 Å². The lowest BCUT2D eigenvalue weighted by Gasteiger charge is -2.35. The van der Waals surface area contributed by atoms with Crippen LogP contribution in [0.4, 0.5) is 0 Å². The average Bonchev–Trinajstić information content (AvgIpc) is 2.56. The molecule has 0 aromatic rings. The minimum atomic E-state index is -0.998. The van der Waals surface area contributed by atoms with Crippen LogP contribution in [0.1, 0.15) is 33.6 Å². The van der Waals surface area contributed by atoms with Crippen molar-refractivity contribution in [2.24, 2.45) is 10.8 Å². The summed E-state index contributed by atoms with van der Waals surface area (Å²) in [5, 5.41) is 2.75. The Morgan fingerprint density at radius 3 is 2.53 bits per heavy atom. The lowest BCUT2D eigenvalue weighted by Crippen LogP contribution is -2.53. The van der Waals surface area contributed by atoms with Crippen molar-refractivity contribution >= 4 is 11.9 Å². The maximum Gasteiger partial charge on any atom is 0.313 e. The van der Waals surface area contributed by atoms with E-state index in [2.05, 4.69) is 11.9 Å². The fourth-order valence-electron chi connectivity index (χ4n) is 3.05. The van der Waals surface area contributed by atoms with Crippen molar-refractivity contribution in [3.63, 3.8) is 0 Å². The number of carbonyl (C=O) groups is 2. The first-order chi connectivity index (χ1) is 7.82. The number of nitrogens with one attached hydrogen (secondary N) is 1. The number of amides is 1. The van der Waals surface area contributed by atoms with Crippen molar-refractivity contribution in [2.75, 3.05) is 6.54 Å². The molecular formula is C13H19NO3. The van der Waals surface area contributed by atoms with Gasteiger partial charge >= 0.3 is 5.97 Å². The van der Waals surface area contributed by atoms with Gasteiger partial charge in [0.2, 0.25) is 0 Å². The van der Waals surface area contributed by atoms with Gasteiger partial charge in [-0.3, -0.25) is 9.59 Å². The molecule has 1 aliphatic carbocycles. The molecule has 0 aromatic heterocycles. The lowest BCUT2D eigenvalue weighted by molar-refractivity contribution is -0.168. The van der Waals surface area contributed by atoms with Crippen LogP contribution in [0.2, 0.25) is 0 Å². The molecule has 94 valence electrons. The first-order valence-electron chi connectivity index (χ1n) is 5.94. The summed E-state index contributed by atoms with van der Waals surface area (Å²) in [6.07, 6.45) is 2.93. The monoisotopic (exact) mass is 237 g/mol. The van der Waals surface area contributed by atoms with Crippen molar-refractivity contribution in [2.45, 2.75) is 39.2 Å². The molecule has 1 aliphatic heterocycles. The second-order valence-electron chi connectivity index (χ2n) is 5.67. The minimum Gasteiger partial charge on any atom is -0.448 e. The summed E-state index contributed by atoms with van der Waals surface area (Å²) in [4.78, 5) is 24.2. The normalized spacial score (nSPS) is 37.7. The molecule has 17 heavy (non-hydrogen) atoms. The Hall–Kier alpha value is -1.32. The Morgan fingerprint density at radius 1 is 1.47 bits per heavy atom. The zero-order valence-corrected chi connectivity index (χ0v) is 10.6. The van der Waals surface area contributed by atoms with E-state index in [4.69, 9.17) is 4.74 Å². The van der Waals surface area contributed by atoms with Crippen molar-refractivity contribution in [1.29, 1.82) is 0 Å². The van der Waals surface area contributed by atoms with Gasteiger partial charge in [0.15, 0.2) is 5.60 Å². The molecule has 2 aliphatic rings. The first-order valence-corrected chi connectivity index (χ1v) is 5.94. The van der Waals surface area contributed by atoms with E-state index in [-0.39, 0.29) is 11.9 Å². The molecule has 1 saturated heterocycles. The Kier molecular flexibility index (Phi) is 2.39. The molecule has 0 unspecified atom stereocenters. The van der Waals surface area contributed by atoms with Crippen LogP contribution in [0.15, 0.2) is 12.7 Å². The van der Waals surface area contributed by atoms with E-state index in [0.29, 0.717) is 19.4 Å². The van der Waals surface area contributed by atoms with E-state index in [9.17, 15) is 9.59 Å². The quantitative estimate of drug-likeness (QED) is 0.596. The third-order valence-corrected chi connectivity index (χ3v) is 4.86. The van der Waals surface area contributed by atoms with Crippen molar-refractivity contribution in [3.05, 3.63) is 12.7 Å². The molecule has 2 atom stereocenters. The van der Waals surface area contributed by atoms with E-state index in [1.807, 2.05) is 20.8 Å². The van der Waals surface area contributed by atoms with E-state index in [0.717, 1.165) is 0 Å². The molecule has 2 rings (SSSR count). The minimum absolute atomic E-state index is 0.197.